The Morgan fingerprint density at radius 3 is 2.85 bits per heavy atom. The van der Waals surface area contributed by atoms with Gasteiger partial charge >= 0.3 is 0 Å². The van der Waals surface area contributed by atoms with Gasteiger partial charge in [0.1, 0.15) is 5.69 Å². The molecule has 1 fully saturated rings. The van der Waals surface area contributed by atoms with Crippen molar-refractivity contribution in [1.29, 1.82) is 0 Å². The number of aromatic nitrogens is 2. The molecule has 0 spiro atoms. The maximum absolute atomic E-state index is 12.2. The summed E-state index contributed by atoms with van der Waals surface area (Å²) >= 11 is 0. The minimum Gasteiger partial charge on any atom is -0.342 e. The molecule has 0 bridgehead atoms. The van der Waals surface area contributed by atoms with Gasteiger partial charge in [-0.3, -0.25) is 9.59 Å². The van der Waals surface area contributed by atoms with E-state index in [2.05, 4.69) is 10.3 Å². The number of amides is 2. The summed E-state index contributed by atoms with van der Waals surface area (Å²) in [4.78, 5) is 29.2. The molecule has 2 amide bonds. The number of carbonyl (C=O) groups is 2. The minimum atomic E-state index is -0.363. The predicted octanol–water partition coefficient (Wildman–Crippen LogP) is 0.685. The van der Waals surface area contributed by atoms with Gasteiger partial charge in [-0.1, -0.05) is 0 Å². The van der Waals surface area contributed by atoms with Crippen molar-refractivity contribution in [2.24, 2.45) is 0 Å². The lowest BCUT2D eigenvalue weighted by Crippen LogP contribution is -2.69. The molecule has 1 aliphatic rings. The van der Waals surface area contributed by atoms with E-state index in [0.29, 0.717) is 18.8 Å². The first-order chi connectivity index (χ1) is 9.47. The molecule has 0 unspecified atom stereocenters. The van der Waals surface area contributed by atoms with Gasteiger partial charge < -0.3 is 14.6 Å². The van der Waals surface area contributed by atoms with Crippen LogP contribution in [-0.4, -0.2) is 44.7 Å². The van der Waals surface area contributed by atoms with Gasteiger partial charge in [-0.2, -0.15) is 0 Å². The average molecular weight is 272 g/mol. The largest absolute Gasteiger partial charge is 0.342 e. The van der Waals surface area contributed by atoms with Crippen LogP contribution in [0.1, 0.15) is 24.3 Å². The molecule has 1 aliphatic heterocycles. The van der Waals surface area contributed by atoms with Crippen LogP contribution in [0, 0.1) is 0 Å². The number of fused-ring (bicyclic) bond motifs is 1. The Bertz CT molecular complexity index is 685. The van der Waals surface area contributed by atoms with Crippen LogP contribution in [0.2, 0.25) is 0 Å². The lowest BCUT2D eigenvalue weighted by molar-refractivity contribution is -0.136. The Hall–Kier alpha value is -2.37. The topological polar surface area (TPSA) is 66.7 Å². The van der Waals surface area contributed by atoms with Gasteiger partial charge in [0.2, 0.25) is 5.91 Å². The Morgan fingerprint density at radius 2 is 2.15 bits per heavy atom. The zero-order valence-electron chi connectivity index (χ0n) is 11.5. The van der Waals surface area contributed by atoms with E-state index in [9.17, 15) is 9.59 Å². The highest BCUT2D eigenvalue weighted by Crippen LogP contribution is 2.20. The molecule has 2 aromatic rings. The molecule has 2 aromatic heterocycles. The third-order valence-electron chi connectivity index (χ3n) is 3.59. The number of carbonyl (C=O) groups excluding carboxylic acids is 2. The minimum absolute atomic E-state index is 0.0319. The number of rotatable bonds is 2. The van der Waals surface area contributed by atoms with Crippen molar-refractivity contribution >= 4 is 17.3 Å². The van der Waals surface area contributed by atoms with Gasteiger partial charge in [0.15, 0.2) is 0 Å². The summed E-state index contributed by atoms with van der Waals surface area (Å²) in [5.41, 5.74) is 0.950. The summed E-state index contributed by atoms with van der Waals surface area (Å²) in [6, 6.07) is 5.57. The zero-order valence-corrected chi connectivity index (χ0v) is 11.5. The Morgan fingerprint density at radius 1 is 1.40 bits per heavy atom. The van der Waals surface area contributed by atoms with E-state index < -0.39 is 0 Å². The number of nitrogens with zero attached hydrogens (tertiary/aromatic N) is 3. The molecule has 0 aliphatic carbocycles. The van der Waals surface area contributed by atoms with Crippen LogP contribution < -0.4 is 5.32 Å². The van der Waals surface area contributed by atoms with Crippen molar-refractivity contribution in [3.8, 4) is 0 Å². The Kier molecular flexibility index (Phi) is 2.74. The van der Waals surface area contributed by atoms with Crippen molar-refractivity contribution in [2.45, 2.75) is 19.4 Å². The first kappa shape index (κ1) is 12.7. The zero-order chi connectivity index (χ0) is 14.3. The molecule has 3 heterocycles. The second-order valence-corrected chi connectivity index (χ2v) is 5.50. The SMILES string of the molecule is CC(=O)N1CC(C)(NC(=O)c2cc3cccn3cn2)C1. The molecule has 6 nitrogen and oxygen atoms in total. The van der Waals surface area contributed by atoms with Crippen LogP contribution in [0.3, 0.4) is 0 Å². The summed E-state index contributed by atoms with van der Waals surface area (Å²) in [6.07, 6.45) is 3.50. The number of hydrogen-bond donors (Lipinski definition) is 1. The van der Waals surface area contributed by atoms with Gasteiger partial charge in [0, 0.05) is 31.7 Å². The van der Waals surface area contributed by atoms with Crippen molar-refractivity contribution in [3.05, 3.63) is 36.4 Å². The first-order valence-electron chi connectivity index (χ1n) is 6.48. The van der Waals surface area contributed by atoms with E-state index in [4.69, 9.17) is 0 Å². The van der Waals surface area contributed by atoms with Crippen LogP contribution in [0.4, 0.5) is 0 Å². The Balaban J connectivity index is 1.72. The lowest BCUT2D eigenvalue weighted by Gasteiger charge is -2.47. The maximum atomic E-state index is 12.2. The maximum Gasteiger partial charge on any atom is 0.270 e. The summed E-state index contributed by atoms with van der Waals surface area (Å²) in [6.45, 7) is 4.55. The van der Waals surface area contributed by atoms with Gasteiger partial charge in [0.25, 0.3) is 5.91 Å². The second-order valence-electron chi connectivity index (χ2n) is 5.50. The molecular formula is C14H16N4O2. The molecule has 3 rings (SSSR count). The van der Waals surface area contributed by atoms with Crippen LogP contribution in [-0.2, 0) is 4.79 Å². The van der Waals surface area contributed by atoms with Gasteiger partial charge in [-0.05, 0) is 25.1 Å². The van der Waals surface area contributed by atoms with Gasteiger partial charge in [0.05, 0.1) is 11.9 Å². The molecule has 0 atom stereocenters. The highest BCUT2D eigenvalue weighted by Gasteiger charge is 2.41. The normalized spacial score (nSPS) is 16.8. The summed E-state index contributed by atoms with van der Waals surface area (Å²) in [7, 11) is 0. The molecule has 0 radical (unpaired) electrons. The molecule has 104 valence electrons. The average Bonchev–Trinajstić information content (AvgIpc) is 2.82. The monoisotopic (exact) mass is 272 g/mol. The highest BCUT2D eigenvalue weighted by atomic mass is 16.2. The van der Waals surface area contributed by atoms with Crippen molar-refractivity contribution in [3.63, 3.8) is 0 Å². The smallest absolute Gasteiger partial charge is 0.270 e. The van der Waals surface area contributed by atoms with Crippen molar-refractivity contribution in [2.75, 3.05) is 13.1 Å². The molecule has 1 N–H and O–H groups in total. The molecule has 0 saturated carbocycles. The fourth-order valence-electron chi connectivity index (χ4n) is 2.50. The third-order valence-corrected chi connectivity index (χ3v) is 3.59. The standard InChI is InChI=1S/C14H16N4O2/c1-10(19)18-7-14(2,8-18)16-13(20)12-6-11-4-3-5-17(11)9-15-12/h3-6,9H,7-8H2,1-2H3,(H,16,20). The fraction of sp³-hybridized carbons (Fsp3) is 0.357. The number of likely N-dealkylation sites (tertiary alicyclic amines) is 1. The van der Waals surface area contributed by atoms with Crippen LogP contribution in [0.25, 0.3) is 5.52 Å². The quantitative estimate of drug-likeness (QED) is 0.874. The molecule has 20 heavy (non-hydrogen) atoms. The van der Waals surface area contributed by atoms with E-state index in [0.717, 1.165) is 5.52 Å². The Labute approximate surface area is 116 Å². The number of hydrogen-bond acceptors (Lipinski definition) is 3. The molecule has 1 saturated heterocycles. The molecule has 0 aromatic carbocycles. The van der Waals surface area contributed by atoms with E-state index in [1.165, 1.54) is 6.92 Å². The summed E-state index contributed by atoms with van der Waals surface area (Å²) in [5, 5.41) is 2.95. The van der Waals surface area contributed by atoms with Crippen LogP contribution in [0.5, 0.6) is 0 Å². The van der Waals surface area contributed by atoms with E-state index in [1.54, 1.807) is 17.3 Å². The van der Waals surface area contributed by atoms with E-state index in [-0.39, 0.29) is 17.4 Å². The van der Waals surface area contributed by atoms with Gasteiger partial charge in [-0.15, -0.1) is 0 Å². The molecule has 6 heteroatoms. The number of nitrogens with one attached hydrogen (secondary N) is 1. The third kappa shape index (κ3) is 2.13. The fourth-order valence-corrected chi connectivity index (χ4v) is 2.50. The summed E-state index contributed by atoms with van der Waals surface area (Å²) < 4.78 is 1.85. The first-order valence-corrected chi connectivity index (χ1v) is 6.48. The van der Waals surface area contributed by atoms with Crippen molar-refractivity contribution in [1.82, 2.24) is 19.6 Å². The van der Waals surface area contributed by atoms with Gasteiger partial charge in [-0.25, -0.2) is 4.98 Å². The van der Waals surface area contributed by atoms with Crippen molar-refractivity contribution < 1.29 is 9.59 Å². The van der Waals surface area contributed by atoms with E-state index >= 15 is 0 Å². The highest BCUT2D eigenvalue weighted by molar-refractivity contribution is 5.94. The molecular weight excluding hydrogens is 256 g/mol. The second kappa shape index (κ2) is 4.33. The summed E-state index contributed by atoms with van der Waals surface area (Å²) in [5.74, 6) is -0.177. The predicted molar refractivity (Wildman–Crippen MR) is 73.3 cm³/mol. The lowest BCUT2D eigenvalue weighted by atomic mass is 9.92. The van der Waals surface area contributed by atoms with E-state index in [1.807, 2.05) is 29.7 Å². The van der Waals surface area contributed by atoms with Crippen LogP contribution in [0.15, 0.2) is 30.7 Å². The van der Waals surface area contributed by atoms with Crippen LogP contribution >= 0.6 is 0 Å².